The first-order valence-electron chi connectivity index (χ1n) is 5.47. The van der Waals surface area contributed by atoms with E-state index in [0.717, 1.165) is 37.6 Å². The highest BCUT2D eigenvalue weighted by Crippen LogP contribution is 2.23. The molecule has 0 aliphatic carbocycles. The standard InChI is InChI=1S/C11H16BrN3O/c1-8-13-10(7-11(14-8)16-2)15-5-3-9(12)4-6-15/h7,9H,3-6H2,1-2H3. The third kappa shape index (κ3) is 2.64. The van der Waals surface area contributed by atoms with E-state index in [0.29, 0.717) is 10.7 Å². The lowest BCUT2D eigenvalue weighted by Crippen LogP contribution is -2.34. The van der Waals surface area contributed by atoms with Gasteiger partial charge in [-0.05, 0) is 19.8 Å². The topological polar surface area (TPSA) is 38.2 Å². The number of aryl methyl sites for hydroxylation is 1. The Kier molecular flexibility index (Phi) is 3.63. The van der Waals surface area contributed by atoms with E-state index in [4.69, 9.17) is 4.74 Å². The second kappa shape index (κ2) is 4.99. The molecule has 0 amide bonds. The molecule has 0 spiro atoms. The molecule has 0 unspecified atom stereocenters. The van der Waals surface area contributed by atoms with E-state index in [-0.39, 0.29) is 0 Å². The van der Waals surface area contributed by atoms with Crippen molar-refractivity contribution in [2.75, 3.05) is 25.1 Å². The zero-order valence-corrected chi connectivity index (χ0v) is 11.2. The van der Waals surface area contributed by atoms with Crippen molar-refractivity contribution in [3.05, 3.63) is 11.9 Å². The van der Waals surface area contributed by atoms with Crippen LogP contribution in [0.15, 0.2) is 6.07 Å². The summed E-state index contributed by atoms with van der Waals surface area (Å²) in [6.07, 6.45) is 2.32. The predicted molar refractivity (Wildman–Crippen MR) is 67.5 cm³/mol. The van der Waals surface area contributed by atoms with Crippen molar-refractivity contribution in [2.24, 2.45) is 0 Å². The smallest absolute Gasteiger partial charge is 0.218 e. The van der Waals surface area contributed by atoms with Gasteiger partial charge in [-0.25, -0.2) is 4.98 Å². The van der Waals surface area contributed by atoms with Crippen molar-refractivity contribution in [1.82, 2.24) is 9.97 Å². The molecule has 0 radical (unpaired) electrons. The van der Waals surface area contributed by atoms with E-state index in [9.17, 15) is 0 Å². The van der Waals surface area contributed by atoms with Crippen LogP contribution in [0.5, 0.6) is 5.88 Å². The molecule has 1 fully saturated rings. The van der Waals surface area contributed by atoms with Gasteiger partial charge < -0.3 is 9.64 Å². The van der Waals surface area contributed by atoms with E-state index in [1.165, 1.54) is 0 Å². The fraction of sp³-hybridized carbons (Fsp3) is 0.636. The minimum absolute atomic E-state index is 0.642. The average molecular weight is 286 g/mol. The Bertz CT molecular complexity index is 364. The minimum atomic E-state index is 0.642. The van der Waals surface area contributed by atoms with Crippen LogP contribution in [0.25, 0.3) is 0 Å². The zero-order chi connectivity index (χ0) is 11.5. The third-order valence-electron chi connectivity index (χ3n) is 2.76. The van der Waals surface area contributed by atoms with Gasteiger partial charge in [0.25, 0.3) is 0 Å². The number of piperidine rings is 1. The maximum Gasteiger partial charge on any atom is 0.218 e. The molecule has 0 atom stereocenters. The Morgan fingerprint density at radius 1 is 1.38 bits per heavy atom. The number of anilines is 1. The fourth-order valence-corrected chi connectivity index (χ4v) is 2.28. The number of rotatable bonds is 2. The van der Waals surface area contributed by atoms with Crippen LogP contribution in [0, 0.1) is 6.92 Å². The van der Waals surface area contributed by atoms with Crippen molar-refractivity contribution in [1.29, 1.82) is 0 Å². The molecule has 2 heterocycles. The van der Waals surface area contributed by atoms with Gasteiger partial charge in [-0.1, -0.05) is 15.9 Å². The first-order chi connectivity index (χ1) is 7.69. The van der Waals surface area contributed by atoms with Crippen LogP contribution in [-0.4, -0.2) is 35.0 Å². The van der Waals surface area contributed by atoms with Gasteiger partial charge in [0.2, 0.25) is 5.88 Å². The summed E-state index contributed by atoms with van der Waals surface area (Å²) in [6.45, 7) is 3.97. The molecule has 0 N–H and O–H groups in total. The molecule has 0 saturated carbocycles. The highest BCUT2D eigenvalue weighted by atomic mass is 79.9. The number of halogens is 1. The van der Waals surface area contributed by atoms with E-state index < -0.39 is 0 Å². The molecule has 2 rings (SSSR count). The highest BCUT2D eigenvalue weighted by Gasteiger charge is 2.18. The average Bonchev–Trinajstić information content (AvgIpc) is 2.29. The van der Waals surface area contributed by atoms with E-state index >= 15 is 0 Å². The number of aromatic nitrogens is 2. The fourth-order valence-electron chi connectivity index (χ4n) is 1.87. The van der Waals surface area contributed by atoms with Crippen LogP contribution in [0.4, 0.5) is 5.82 Å². The number of alkyl halides is 1. The van der Waals surface area contributed by atoms with E-state index in [2.05, 4.69) is 30.8 Å². The maximum atomic E-state index is 5.16. The van der Waals surface area contributed by atoms with Gasteiger partial charge in [0, 0.05) is 24.0 Å². The lowest BCUT2D eigenvalue weighted by atomic mass is 10.1. The maximum absolute atomic E-state index is 5.16. The molecule has 1 aromatic rings. The molecule has 0 bridgehead atoms. The molecular formula is C11H16BrN3O. The monoisotopic (exact) mass is 285 g/mol. The zero-order valence-electron chi connectivity index (χ0n) is 9.61. The summed E-state index contributed by atoms with van der Waals surface area (Å²) in [5, 5.41) is 0. The highest BCUT2D eigenvalue weighted by molar-refractivity contribution is 9.09. The Balaban J connectivity index is 2.16. The van der Waals surface area contributed by atoms with Crippen LogP contribution < -0.4 is 9.64 Å². The van der Waals surface area contributed by atoms with Crippen LogP contribution in [0.1, 0.15) is 18.7 Å². The molecule has 1 aliphatic rings. The van der Waals surface area contributed by atoms with Crippen molar-refractivity contribution >= 4 is 21.7 Å². The number of hydrogen-bond donors (Lipinski definition) is 0. The summed E-state index contributed by atoms with van der Waals surface area (Å²) in [5.74, 6) is 2.38. The molecule has 4 nitrogen and oxygen atoms in total. The molecule has 1 aromatic heterocycles. The lowest BCUT2D eigenvalue weighted by molar-refractivity contribution is 0.395. The first kappa shape index (κ1) is 11.6. The van der Waals surface area contributed by atoms with Crippen LogP contribution in [0.2, 0.25) is 0 Å². The number of hydrogen-bond acceptors (Lipinski definition) is 4. The largest absolute Gasteiger partial charge is 0.481 e. The van der Waals surface area contributed by atoms with Gasteiger partial charge in [0.1, 0.15) is 11.6 Å². The number of ether oxygens (including phenoxy) is 1. The van der Waals surface area contributed by atoms with Gasteiger partial charge in [0.05, 0.1) is 7.11 Å². The lowest BCUT2D eigenvalue weighted by Gasteiger charge is -2.30. The second-order valence-electron chi connectivity index (χ2n) is 3.98. The summed E-state index contributed by atoms with van der Waals surface area (Å²) in [7, 11) is 1.64. The summed E-state index contributed by atoms with van der Waals surface area (Å²) in [6, 6.07) is 1.90. The summed E-state index contributed by atoms with van der Waals surface area (Å²) >= 11 is 3.65. The van der Waals surface area contributed by atoms with E-state index in [1.807, 2.05) is 13.0 Å². The number of methoxy groups -OCH3 is 1. The third-order valence-corrected chi connectivity index (χ3v) is 3.67. The van der Waals surface area contributed by atoms with E-state index in [1.54, 1.807) is 7.11 Å². The summed E-state index contributed by atoms with van der Waals surface area (Å²) in [5.41, 5.74) is 0. The Labute approximate surface area is 104 Å². The summed E-state index contributed by atoms with van der Waals surface area (Å²) in [4.78, 5) is 11.6. The molecule has 16 heavy (non-hydrogen) atoms. The predicted octanol–water partition coefficient (Wildman–Crippen LogP) is 2.16. The number of nitrogens with zero attached hydrogens (tertiary/aromatic N) is 3. The molecule has 0 aromatic carbocycles. The Hall–Kier alpha value is -0.840. The van der Waals surface area contributed by atoms with Crippen molar-refractivity contribution in [3.8, 4) is 5.88 Å². The van der Waals surface area contributed by atoms with Crippen LogP contribution in [0.3, 0.4) is 0 Å². The second-order valence-corrected chi connectivity index (χ2v) is 5.27. The van der Waals surface area contributed by atoms with Crippen LogP contribution in [-0.2, 0) is 0 Å². The van der Waals surface area contributed by atoms with Gasteiger partial charge in [-0.3, -0.25) is 0 Å². The molecule has 1 aliphatic heterocycles. The molecule has 88 valence electrons. The van der Waals surface area contributed by atoms with Gasteiger partial charge in [0.15, 0.2) is 0 Å². The van der Waals surface area contributed by atoms with Gasteiger partial charge >= 0.3 is 0 Å². The quantitative estimate of drug-likeness (QED) is 0.781. The SMILES string of the molecule is COc1cc(N2CCC(Br)CC2)nc(C)n1. The van der Waals surface area contributed by atoms with Crippen LogP contribution >= 0.6 is 15.9 Å². The summed E-state index contributed by atoms with van der Waals surface area (Å²) < 4.78 is 5.16. The Morgan fingerprint density at radius 3 is 2.69 bits per heavy atom. The molecule has 5 heteroatoms. The molecule has 1 saturated heterocycles. The normalized spacial score (nSPS) is 17.6. The van der Waals surface area contributed by atoms with Crippen molar-refractivity contribution < 1.29 is 4.74 Å². The Morgan fingerprint density at radius 2 is 2.06 bits per heavy atom. The molecular weight excluding hydrogens is 270 g/mol. The van der Waals surface area contributed by atoms with Crippen molar-refractivity contribution in [3.63, 3.8) is 0 Å². The first-order valence-corrected chi connectivity index (χ1v) is 6.39. The van der Waals surface area contributed by atoms with Crippen molar-refractivity contribution in [2.45, 2.75) is 24.6 Å². The van der Waals surface area contributed by atoms with Gasteiger partial charge in [-0.2, -0.15) is 4.98 Å². The minimum Gasteiger partial charge on any atom is -0.481 e. The van der Waals surface area contributed by atoms with Gasteiger partial charge in [-0.15, -0.1) is 0 Å².